The fraction of sp³-hybridized carbons (Fsp3) is 0.667. The average molecular weight is 204 g/mol. The van der Waals surface area contributed by atoms with Gasteiger partial charge in [0.2, 0.25) is 5.79 Å². The average Bonchev–Trinajstić information content (AvgIpc) is 2.16. The molecule has 0 saturated heterocycles. The van der Waals surface area contributed by atoms with Crippen LogP contribution in [0.3, 0.4) is 0 Å². The van der Waals surface area contributed by atoms with E-state index in [9.17, 15) is 15.0 Å². The van der Waals surface area contributed by atoms with Crippen LogP contribution in [0.1, 0.15) is 19.8 Å². The van der Waals surface area contributed by atoms with E-state index in [1.165, 1.54) is 0 Å². The predicted molar refractivity (Wildman–Crippen MR) is 49.2 cm³/mol. The van der Waals surface area contributed by atoms with Crippen molar-refractivity contribution in [3.63, 3.8) is 0 Å². The summed E-state index contributed by atoms with van der Waals surface area (Å²) in [6.45, 7) is 4.23. The van der Waals surface area contributed by atoms with E-state index in [1.54, 1.807) is 6.92 Å². The van der Waals surface area contributed by atoms with Crippen LogP contribution in [0.2, 0.25) is 0 Å². The molecule has 3 N–H and O–H groups in total. The minimum absolute atomic E-state index is 0.0499. The zero-order valence-corrected chi connectivity index (χ0v) is 8.14. The van der Waals surface area contributed by atoms with E-state index in [1.807, 2.05) is 0 Å². The van der Waals surface area contributed by atoms with Crippen molar-refractivity contribution in [3.05, 3.63) is 12.7 Å². The van der Waals surface area contributed by atoms with Gasteiger partial charge in [0.1, 0.15) is 6.10 Å². The van der Waals surface area contributed by atoms with Gasteiger partial charge in [0.05, 0.1) is 6.61 Å². The molecule has 0 aliphatic heterocycles. The van der Waals surface area contributed by atoms with E-state index >= 15 is 0 Å². The maximum absolute atomic E-state index is 10.8. The van der Waals surface area contributed by atoms with E-state index < -0.39 is 24.5 Å². The topological polar surface area (TPSA) is 87.0 Å². The molecule has 0 fully saturated rings. The molecule has 0 radical (unpaired) electrons. The smallest absolute Gasteiger partial charge is 0.332 e. The highest BCUT2D eigenvalue weighted by Crippen LogP contribution is 2.19. The molecule has 2 unspecified atom stereocenters. The Kier molecular flexibility index (Phi) is 5.37. The summed E-state index contributed by atoms with van der Waals surface area (Å²) in [4.78, 5) is 10.8. The molecule has 0 bridgehead atoms. The van der Waals surface area contributed by atoms with Gasteiger partial charge >= 0.3 is 5.97 Å². The number of carbonyl (C=O) groups excluding carboxylic acids is 1. The predicted octanol–water partition coefficient (Wildman–Crippen LogP) is -0.443. The second-order valence-corrected chi connectivity index (χ2v) is 2.92. The summed E-state index contributed by atoms with van der Waals surface area (Å²) in [5.74, 6) is -2.87. The summed E-state index contributed by atoms with van der Waals surface area (Å²) in [5.41, 5.74) is 0. The van der Waals surface area contributed by atoms with Crippen molar-refractivity contribution in [2.45, 2.75) is 31.7 Å². The molecule has 2 atom stereocenters. The van der Waals surface area contributed by atoms with Gasteiger partial charge in [-0.05, 0) is 6.42 Å². The van der Waals surface area contributed by atoms with Crippen molar-refractivity contribution in [3.8, 4) is 0 Å². The number of hydrogen-bond donors (Lipinski definition) is 3. The summed E-state index contributed by atoms with van der Waals surface area (Å²) in [6.07, 6.45) is -0.0804. The van der Waals surface area contributed by atoms with Crippen LogP contribution in [0.4, 0.5) is 0 Å². The van der Waals surface area contributed by atoms with Crippen molar-refractivity contribution in [1.82, 2.24) is 0 Å². The van der Waals surface area contributed by atoms with Crippen LogP contribution in [0.25, 0.3) is 0 Å². The van der Waals surface area contributed by atoms with Gasteiger partial charge in [-0.2, -0.15) is 0 Å². The molecule has 0 heterocycles. The molecule has 0 aromatic heterocycles. The fourth-order valence-electron chi connectivity index (χ4n) is 1.00. The van der Waals surface area contributed by atoms with Gasteiger partial charge in [0.15, 0.2) is 0 Å². The Labute approximate surface area is 82.6 Å². The summed E-state index contributed by atoms with van der Waals surface area (Å²) in [7, 11) is 0. The SMILES string of the molecule is C=CC(=O)OC(O)(CCC)C(O)CO. The summed E-state index contributed by atoms with van der Waals surface area (Å²) in [5, 5.41) is 27.6. The Morgan fingerprint density at radius 3 is 2.64 bits per heavy atom. The largest absolute Gasteiger partial charge is 0.427 e. The van der Waals surface area contributed by atoms with E-state index in [-0.39, 0.29) is 6.42 Å². The van der Waals surface area contributed by atoms with E-state index in [0.29, 0.717) is 6.42 Å². The molecule has 0 amide bonds. The molecular formula is C9H16O5. The zero-order valence-electron chi connectivity index (χ0n) is 8.14. The van der Waals surface area contributed by atoms with E-state index in [0.717, 1.165) is 6.08 Å². The van der Waals surface area contributed by atoms with Crippen molar-refractivity contribution < 1.29 is 24.9 Å². The second-order valence-electron chi connectivity index (χ2n) is 2.92. The summed E-state index contributed by atoms with van der Waals surface area (Å²) < 4.78 is 4.57. The molecule has 0 saturated carbocycles. The monoisotopic (exact) mass is 204 g/mol. The van der Waals surface area contributed by atoms with Crippen LogP contribution in [0.5, 0.6) is 0 Å². The molecule has 0 aliphatic rings. The molecule has 0 rings (SSSR count). The quantitative estimate of drug-likeness (QED) is 0.310. The number of esters is 1. The van der Waals surface area contributed by atoms with Gasteiger partial charge in [0.25, 0.3) is 0 Å². The maximum Gasteiger partial charge on any atom is 0.332 e. The van der Waals surface area contributed by atoms with Gasteiger partial charge in [-0.25, -0.2) is 4.79 Å². The van der Waals surface area contributed by atoms with Crippen LogP contribution >= 0.6 is 0 Å². The van der Waals surface area contributed by atoms with Crippen LogP contribution < -0.4 is 0 Å². The standard InChI is InChI=1S/C9H16O5/c1-3-5-9(13,7(11)6-10)14-8(12)4-2/h4,7,10-11,13H,2-3,5-6H2,1H3. The molecule has 5 heteroatoms. The fourth-order valence-corrected chi connectivity index (χ4v) is 1.00. The lowest BCUT2D eigenvalue weighted by atomic mass is 10.1. The normalized spacial score (nSPS) is 16.9. The first-order chi connectivity index (χ1) is 6.50. The molecule has 0 aromatic carbocycles. The third-order valence-electron chi connectivity index (χ3n) is 1.75. The van der Waals surface area contributed by atoms with E-state index in [4.69, 9.17) is 5.11 Å². The lowest BCUT2D eigenvalue weighted by Gasteiger charge is -2.30. The minimum atomic E-state index is -2.03. The lowest BCUT2D eigenvalue weighted by molar-refractivity contribution is -0.252. The third kappa shape index (κ3) is 3.45. The Morgan fingerprint density at radius 2 is 2.29 bits per heavy atom. The van der Waals surface area contributed by atoms with Gasteiger partial charge in [-0.3, -0.25) is 0 Å². The minimum Gasteiger partial charge on any atom is -0.427 e. The first kappa shape index (κ1) is 13.1. The van der Waals surface area contributed by atoms with E-state index in [2.05, 4.69) is 11.3 Å². The van der Waals surface area contributed by atoms with Crippen molar-refractivity contribution in [1.29, 1.82) is 0 Å². The Morgan fingerprint density at radius 1 is 1.71 bits per heavy atom. The molecule has 0 aliphatic carbocycles. The Balaban J connectivity index is 4.52. The summed E-state index contributed by atoms with van der Waals surface area (Å²) >= 11 is 0. The number of rotatable bonds is 6. The second kappa shape index (κ2) is 5.74. The van der Waals surface area contributed by atoms with Gasteiger partial charge in [-0.1, -0.05) is 13.5 Å². The Bertz CT molecular complexity index is 203. The highest BCUT2D eigenvalue weighted by molar-refractivity contribution is 5.81. The highest BCUT2D eigenvalue weighted by atomic mass is 16.7. The number of hydrogen-bond acceptors (Lipinski definition) is 5. The molecular weight excluding hydrogens is 188 g/mol. The molecule has 0 aromatic rings. The number of aliphatic hydroxyl groups is 3. The first-order valence-electron chi connectivity index (χ1n) is 4.36. The van der Waals surface area contributed by atoms with Crippen LogP contribution in [-0.4, -0.2) is 39.8 Å². The van der Waals surface area contributed by atoms with Gasteiger partial charge < -0.3 is 20.1 Å². The number of ether oxygens (including phenoxy) is 1. The maximum atomic E-state index is 10.8. The Hall–Kier alpha value is -0.910. The van der Waals surface area contributed by atoms with Gasteiger partial charge in [0, 0.05) is 12.5 Å². The number of carbonyl (C=O) groups is 1. The highest BCUT2D eigenvalue weighted by Gasteiger charge is 2.38. The number of aliphatic hydroxyl groups excluding tert-OH is 2. The lowest BCUT2D eigenvalue weighted by Crippen LogP contribution is -2.48. The van der Waals surface area contributed by atoms with Crippen LogP contribution in [0.15, 0.2) is 12.7 Å². The summed E-state index contributed by atoms with van der Waals surface area (Å²) in [6, 6.07) is 0. The molecule has 82 valence electrons. The third-order valence-corrected chi connectivity index (χ3v) is 1.75. The van der Waals surface area contributed by atoms with Gasteiger partial charge in [-0.15, -0.1) is 0 Å². The van der Waals surface area contributed by atoms with Crippen molar-refractivity contribution in [2.75, 3.05) is 6.61 Å². The van der Waals surface area contributed by atoms with Crippen LogP contribution in [-0.2, 0) is 9.53 Å². The zero-order chi connectivity index (χ0) is 11.2. The molecule has 14 heavy (non-hydrogen) atoms. The molecule has 5 nitrogen and oxygen atoms in total. The first-order valence-corrected chi connectivity index (χ1v) is 4.36. The van der Waals surface area contributed by atoms with Crippen molar-refractivity contribution >= 4 is 5.97 Å². The van der Waals surface area contributed by atoms with Crippen LogP contribution in [0, 0.1) is 0 Å². The van der Waals surface area contributed by atoms with Crippen molar-refractivity contribution in [2.24, 2.45) is 0 Å². The molecule has 0 spiro atoms.